The quantitative estimate of drug-likeness (QED) is 0.809. The van der Waals surface area contributed by atoms with E-state index in [0.717, 1.165) is 24.0 Å². The molecule has 0 aliphatic carbocycles. The maximum Gasteiger partial charge on any atom is 0.0175 e. The molecule has 1 nitrogen and oxygen atoms in total. The van der Waals surface area contributed by atoms with E-state index in [1.165, 1.54) is 16.7 Å². The van der Waals surface area contributed by atoms with Crippen molar-refractivity contribution in [3.63, 3.8) is 0 Å². The third kappa shape index (κ3) is 4.46. The van der Waals surface area contributed by atoms with E-state index >= 15 is 0 Å². The third-order valence-corrected chi connectivity index (χ3v) is 4.08. The lowest BCUT2D eigenvalue weighted by atomic mass is 9.91. The summed E-state index contributed by atoms with van der Waals surface area (Å²) >= 11 is 3.51. The van der Waals surface area contributed by atoms with Crippen LogP contribution < -0.4 is 5.32 Å². The minimum atomic E-state index is 0.518. The second kappa shape index (κ2) is 7.61. The first-order valence-electron chi connectivity index (χ1n) is 7.20. The van der Waals surface area contributed by atoms with Gasteiger partial charge in [0.25, 0.3) is 0 Å². The van der Waals surface area contributed by atoms with Gasteiger partial charge >= 0.3 is 0 Å². The molecule has 0 aliphatic heterocycles. The lowest BCUT2D eigenvalue weighted by Crippen LogP contribution is -2.22. The topological polar surface area (TPSA) is 12.0 Å². The Balaban J connectivity index is 2.16. The molecule has 0 radical (unpaired) electrons. The number of aryl methyl sites for hydroxylation is 1. The second-order valence-electron chi connectivity index (χ2n) is 5.25. The first-order chi connectivity index (χ1) is 9.69. The summed E-state index contributed by atoms with van der Waals surface area (Å²) in [5, 5.41) is 3.48. The Bertz CT molecular complexity index is 533. The minimum absolute atomic E-state index is 0.518. The molecule has 1 unspecified atom stereocenters. The fourth-order valence-corrected chi connectivity index (χ4v) is 2.75. The van der Waals surface area contributed by atoms with Gasteiger partial charge in [-0.1, -0.05) is 64.8 Å². The van der Waals surface area contributed by atoms with Crippen molar-refractivity contribution in [2.75, 3.05) is 13.1 Å². The Morgan fingerprint density at radius 1 is 1.10 bits per heavy atom. The van der Waals surface area contributed by atoms with Crippen LogP contribution in [0.3, 0.4) is 0 Å². The van der Waals surface area contributed by atoms with Gasteiger partial charge in [-0.05, 0) is 43.1 Å². The van der Waals surface area contributed by atoms with Gasteiger partial charge in [0.2, 0.25) is 0 Å². The van der Waals surface area contributed by atoms with E-state index in [4.69, 9.17) is 0 Å². The highest BCUT2D eigenvalue weighted by Gasteiger charge is 2.12. The van der Waals surface area contributed by atoms with Crippen LogP contribution in [0.2, 0.25) is 0 Å². The highest BCUT2D eigenvalue weighted by atomic mass is 79.9. The van der Waals surface area contributed by atoms with E-state index in [1.807, 2.05) is 0 Å². The van der Waals surface area contributed by atoms with Crippen molar-refractivity contribution in [3.05, 3.63) is 69.7 Å². The predicted molar refractivity (Wildman–Crippen MR) is 90.3 cm³/mol. The van der Waals surface area contributed by atoms with Gasteiger partial charge in [-0.15, -0.1) is 0 Å². The molecule has 0 spiro atoms. The molecule has 2 heteroatoms. The predicted octanol–water partition coefficient (Wildman–Crippen LogP) is 4.69. The first-order valence-corrected chi connectivity index (χ1v) is 8.00. The molecular formula is C18H22BrN. The average molecular weight is 332 g/mol. The van der Waals surface area contributed by atoms with Crippen molar-refractivity contribution in [3.8, 4) is 0 Å². The lowest BCUT2D eigenvalue weighted by molar-refractivity contribution is 0.595. The Hall–Kier alpha value is -1.12. The molecule has 0 aromatic heterocycles. The van der Waals surface area contributed by atoms with E-state index in [0.29, 0.717) is 5.92 Å². The molecule has 2 aromatic rings. The zero-order valence-corrected chi connectivity index (χ0v) is 13.8. The van der Waals surface area contributed by atoms with Crippen LogP contribution in [-0.2, 0) is 6.42 Å². The summed E-state index contributed by atoms with van der Waals surface area (Å²) in [4.78, 5) is 0. The van der Waals surface area contributed by atoms with Gasteiger partial charge in [0, 0.05) is 16.9 Å². The number of halogens is 1. The molecule has 0 amide bonds. The zero-order valence-electron chi connectivity index (χ0n) is 12.2. The van der Waals surface area contributed by atoms with Crippen LogP contribution in [0.1, 0.15) is 29.5 Å². The number of benzene rings is 2. The average Bonchev–Trinajstić information content (AvgIpc) is 2.44. The Morgan fingerprint density at radius 3 is 2.50 bits per heavy atom. The molecule has 0 bridgehead atoms. The van der Waals surface area contributed by atoms with Crippen LogP contribution in [-0.4, -0.2) is 13.1 Å². The maximum absolute atomic E-state index is 3.51. The molecule has 1 N–H and O–H groups in total. The standard InChI is InChI=1S/C18H22BrN/c1-3-20-13-17(16-7-9-18(19)10-8-16)12-15-6-4-5-14(2)11-15/h4-11,17,20H,3,12-13H2,1-2H3. The molecule has 0 heterocycles. The Kier molecular flexibility index (Phi) is 5.81. The largest absolute Gasteiger partial charge is 0.316 e. The molecule has 106 valence electrons. The van der Waals surface area contributed by atoms with Crippen molar-refractivity contribution < 1.29 is 0 Å². The molecule has 2 rings (SSSR count). The van der Waals surface area contributed by atoms with Crippen molar-refractivity contribution in [2.45, 2.75) is 26.2 Å². The monoisotopic (exact) mass is 331 g/mol. The van der Waals surface area contributed by atoms with Crippen molar-refractivity contribution >= 4 is 15.9 Å². The van der Waals surface area contributed by atoms with Crippen LogP contribution in [0.4, 0.5) is 0 Å². The SMILES string of the molecule is CCNCC(Cc1cccc(C)c1)c1ccc(Br)cc1. The summed E-state index contributed by atoms with van der Waals surface area (Å²) in [6, 6.07) is 17.5. The van der Waals surface area contributed by atoms with E-state index in [9.17, 15) is 0 Å². The summed E-state index contributed by atoms with van der Waals surface area (Å²) in [6.45, 7) is 6.35. The Labute approximate surface area is 130 Å². The van der Waals surface area contributed by atoms with Gasteiger partial charge < -0.3 is 5.32 Å². The van der Waals surface area contributed by atoms with Gasteiger partial charge in [0.15, 0.2) is 0 Å². The van der Waals surface area contributed by atoms with Crippen molar-refractivity contribution in [2.24, 2.45) is 0 Å². The lowest BCUT2D eigenvalue weighted by Gasteiger charge is -2.18. The second-order valence-corrected chi connectivity index (χ2v) is 6.17. The number of rotatable bonds is 6. The number of hydrogen-bond acceptors (Lipinski definition) is 1. The Morgan fingerprint density at radius 2 is 1.85 bits per heavy atom. The van der Waals surface area contributed by atoms with Gasteiger partial charge in [-0.3, -0.25) is 0 Å². The number of likely N-dealkylation sites (N-methyl/N-ethyl adjacent to an activating group) is 1. The van der Waals surface area contributed by atoms with E-state index in [-0.39, 0.29) is 0 Å². The van der Waals surface area contributed by atoms with E-state index in [2.05, 4.69) is 83.6 Å². The summed E-state index contributed by atoms with van der Waals surface area (Å²) < 4.78 is 1.14. The third-order valence-electron chi connectivity index (χ3n) is 3.55. The summed E-state index contributed by atoms with van der Waals surface area (Å²) in [5.41, 5.74) is 4.15. The first kappa shape index (κ1) is 15.3. The number of hydrogen-bond donors (Lipinski definition) is 1. The molecule has 0 saturated carbocycles. The molecule has 0 saturated heterocycles. The van der Waals surface area contributed by atoms with Crippen LogP contribution in [0.15, 0.2) is 53.0 Å². The van der Waals surface area contributed by atoms with Crippen molar-refractivity contribution in [1.29, 1.82) is 0 Å². The van der Waals surface area contributed by atoms with Crippen LogP contribution in [0, 0.1) is 6.92 Å². The molecule has 0 fully saturated rings. The fourth-order valence-electron chi connectivity index (χ4n) is 2.49. The summed E-state index contributed by atoms with van der Waals surface area (Å²) in [6.07, 6.45) is 1.08. The molecule has 20 heavy (non-hydrogen) atoms. The zero-order chi connectivity index (χ0) is 14.4. The van der Waals surface area contributed by atoms with E-state index in [1.54, 1.807) is 0 Å². The van der Waals surface area contributed by atoms with Gasteiger partial charge in [-0.25, -0.2) is 0 Å². The van der Waals surface area contributed by atoms with Gasteiger partial charge in [0.1, 0.15) is 0 Å². The van der Waals surface area contributed by atoms with Crippen LogP contribution >= 0.6 is 15.9 Å². The van der Waals surface area contributed by atoms with Crippen LogP contribution in [0.5, 0.6) is 0 Å². The van der Waals surface area contributed by atoms with Crippen LogP contribution in [0.25, 0.3) is 0 Å². The maximum atomic E-state index is 3.51. The molecule has 0 aliphatic rings. The van der Waals surface area contributed by atoms with Gasteiger partial charge in [0.05, 0.1) is 0 Å². The highest BCUT2D eigenvalue weighted by Crippen LogP contribution is 2.23. The molecular weight excluding hydrogens is 310 g/mol. The van der Waals surface area contributed by atoms with E-state index < -0.39 is 0 Å². The summed E-state index contributed by atoms with van der Waals surface area (Å²) in [7, 11) is 0. The highest BCUT2D eigenvalue weighted by molar-refractivity contribution is 9.10. The smallest absolute Gasteiger partial charge is 0.0175 e. The summed E-state index contributed by atoms with van der Waals surface area (Å²) in [5.74, 6) is 0.518. The molecule has 2 aromatic carbocycles. The number of nitrogens with one attached hydrogen (secondary N) is 1. The molecule has 1 atom stereocenters. The minimum Gasteiger partial charge on any atom is -0.316 e. The van der Waals surface area contributed by atoms with Gasteiger partial charge in [-0.2, -0.15) is 0 Å². The fraction of sp³-hybridized carbons (Fsp3) is 0.333. The normalized spacial score (nSPS) is 12.3. The van der Waals surface area contributed by atoms with Crippen molar-refractivity contribution in [1.82, 2.24) is 5.32 Å².